The van der Waals surface area contributed by atoms with E-state index >= 15 is 0 Å². The molecule has 0 aromatic heterocycles. The van der Waals surface area contributed by atoms with E-state index in [0.717, 1.165) is 26.4 Å². The van der Waals surface area contributed by atoms with Crippen molar-refractivity contribution >= 4 is 0 Å². The normalized spacial score (nSPS) is 33.1. The van der Waals surface area contributed by atoms with Crippen LogP contribution in [0.2, 0.25) is 0 Å². The number of hydrogen-bond donors (Lipinski definition) is 1. The molecule has 1 saturated carbocycles. The van der Waals surface area contributed by atoms with Gasteiger partial charge >= 0.3 is 0 Å². The summed E-state index contributed by atoms with van der Waals surface area (Å²) in [5.41, 5.74) is 0.668. The monoisotopic (exact) mass is 281 g/mol. The van der Waals surface area contributed by atoms with Crippen molar-refractivity contribution in [2.45, 2.75) is 76.4 Å². The first-order valence-corrected chi connectivity index (χ1v) is 8.65. The molecule has 20 heavy (non-hydrogen) atoms. The van der Waals surface area contributed by atoms with Crippen LogP contribution in [-0.2, 0) is 9.47 Å². The molecular formula is C17H31NO2. The number of nitrogens with one attached hydrogen (secondary N) is 1. The quantitative estimate of drug-likeness (QED) is 0.861. The lowest BCUT2D eigenvalue weighted by molar-refractivity contribution is -0.110. The van der Waals surface area contributed by atoms with E-state index in [4.69, 9.17) is 9.47 Å². The summed E-state index contributed by atoms with van der Waals surface area (Å²) in [5, 5.41) is 3.87. The summed E-state index contributed by atoms with van der Waals surface area (Å²) in [6.07, 6.45) is 11.5. The van der Waals surface area contributed by atoms with Gasteiger partial charge in [0.2, 0.25) is 0 Å². The molecule has 2 saturated heterocycles. The Labute approximate surface area is 123 Å². The van der Waals surface area contributed by atoms with E-state index in [1.807, 2.05) is 0 Å². The third kappa shape index (κ3) is 3.55. The Balaban J connectivity index is 1.49. The van der Waals surface area contributed by atoms with Crippen LogP contribution in [0.15, 0.2) is 0 Å². The molecule has 1 unspecified atom stereocenters. The maximum atomic E-state index is 6.19. The molecule has 0 radical (unpaired) electrons. The molecular weight excluding hydrogens is 250 g/mol. The van der Waals surface area contributed by atoms with Crippen LogP contribution in [0.1, 0.15) is 64.7 Å². The maximum Gasteiger partial charge on any atom is 0.0697 e. The zero-order valence-corrected chi connectivity index (χ0v) is 13.1. The first-order chi connectivity index (χ1) is 9.70. The maximum absolute atomic E-state index is 6.19. The second-order valence-corrected chi connectivity index (χ2v) is 7.59. The Kier molecular flexibility index (Phi) is 4.68. The molecule has 1 atom stereocenters. The van der Waals surface area contributed by atoms with Gasteiger partial charge in [-0.05, 0) is 43.9 Å². The summed E-state index contributed by atoms with van der Waals surface area (Å²) in [7, 11) is 0. The molecule has 3 nitrogen and oxygen atoms in total. The number of ether oxygens (including phenoxy) is 2. The van der Waals surface area contributed by atoms with E-state index in [1.54, 1.807) is 0 Å². The smallest absolute Gasteiger partial charge is 0.0697 e. The average Bonchev–Trinajstić information content (AvgIpc) is 2.47. The lowest BCUT2D eigenvalue weighted by Crippen LogP contribution is -2.50. The number of rotatable bonds is 3. The fourth-order valence-corrected chi connectivity index (χ4v) is 4.18. The molecule has 1 aliphatic carbocycles. The first kappa shape index (κ1) is 14.8. The van der Waals surface area contributed by atoms with Gasteiger partial charge in [0.05, 0.1) is 5.60 Å². The van der Waals surface area contributed by atoms with Gasteiger partial charge in [0.1, 0.15) is 0 Å². The minimum Gasteiger partial charge on any atom is -0.381 e. The lowest BCUT2D eigenvalue weighted by atomic mass is 9.77. The van der Waals surface area contributed by atoms with Gasteiger partial charge in [0.15, 0.2) is 0 Å². The first-order valence-electron chi connectivity index (χ1n) is 8.65. The zero-order chi connectivity index (χ0) is 13.9. The van der Waals surface area contributed by atoms with Gasteiger partial charge in [-0.2, -0.15) is 0 Å². The van der Waals surface area contributed by atoms with E-state index < -0.39 is 0 Å². The average molecular weight is 281 g/mol. The fourth-order valence-electron chi connectivity index (χ4n) is 4.18. The predicted octanol–water partition coefficient (Wildman–Crippen LogP) is 3.27. The lowest BCUT2D eigenvalue weighted by Gasteiger charge is -2.45. The van der Waals surface area contributed by atoms with Crippen molar-refractivity contribution in [3.8, 4) is 0 Å². The van der Waals surface area contributed by atoms with Crippen LogP contribution in [0.5, 0.6) is 0 Å². The van der Waals surface area contributed by atoms with Gasteiger partial charge < -0.3 is 14.8 Å². The van der Waals surface area contributed by atoms with Gasteiger partial charge in [-0.15, -0.1) is 0 Å². The van der Waals surface area contributed by atoms with Gasteiger partial charge in [0.25, 0.3) is 0 Å². The zero-order valence-electron chi connectivity index (χ0n) is 13.1. The van der Waals surface area contributed by atoms with Crippen molar-refractivity contribution in [2.75, 3.05) is 26.4 Å². The van der Waals surface area contributed by atoms with Crippen molar-refractivity contribution in [1.82, 2.24) is 5.32 Å². The summed E-state index contributed by atoms with van der Waals surface area (Å²) in [6.45, 7) is 6.40. The summed E-state index contributed by atoms with van der Waals surface area (Å²) < 4.78 is 11.7. The Morgan fingerprint density at radius 3 is 2.50 bits per heavy atom. The Morgan fingerprint density at radius 2 is 1.75 bits per heavy atom. The van der Waals surface area contributed by atoms with Crippen LogP contribution in [0.25, 0.3) is 0 Å². The summed E-state index contributed by atoms with van der Waals surface area (Å²) in [4.78, 5) is 0. The molecule has 1 N–H and O–H groups in total. The van der Waals surface area contributed by atoms with Crippen LogP contribution in [-0.4, -0.2) is 38.0 Å². The van der Waals surface area contributed by atoms with E-state index in [1.165, 1.54) is 57.8 Å². The van der Waals surface area contributed by atoms with E-state index in [9.17, 15) is 0 Å². The van der Waals surface area contributed by atoms with Crippen molar-refractivity contribution in [3.05, 3.63) is 0 Å². The molecule has 0 aromatic rings. The minimum absolute atomic E-state index is 0.227. The van der Waals surface area contributed by atoms with Crippen molar-refractivity contribution in [3.63, 3.8) is 0 Å². The fraction of sp³-hybridized carbons (Fsp3) is 1.00. The molecule has 0 bridgehead atoms. The predicted molar refractivity (Wildman–Crippen MR) is 81.0 cm³/mol. The van der Waals surface area contributed by atoms with Crippen molar-refractivity contribution in [1.29, 1.82) is 0 Å². The standard InChI is InChI=1S/C17H31NO2/c1-16(8-11-19-12-9-16)14-18-15-5-10-20-17(13-15)6-3-2-4-7-17/h15,18H,2-14H2,1H3. The molecule has 2 aliphatic heterocycles. The molecule has 2 heterocycles. The highest BCUT2D eigenvalue weighted by molar-refractivity contribution is 4.93. The number of hydrogen-bond acceptors (Lipinski definition) is 3. The van der Waals surface area contributed by atoms with Gasteiger partial charge in [-0.1, -0.05) is 26.2 Å². The van der Waals surface area contributed by atoms with Crippen LogP contribution in [0, 0.1) is 5.41 Å². The van der Waals surface area contributed by atoms with E-state index in [0.29, 0.717) is 11.5 Å². The highest BCUT2D eigenvalue weighted by Crippen LogP contribution is 2.39. The van der Waals surface area contributed by atoms with Crippen molar-refractivity contribution < 1.29 is 9.47 Å². The molecule has 116 valence electrons. The second-order valence-electron chi connectivity index (χ2n) is 7.59. The molecule has 0 aromatic carbocycles. The van der Waals surface area contributed by atoms with Gasteiger partial charge in [-0.25, -0.2) is 0 Å². The topological polar surface area (TPSA) is 30.5 Å². The largest absolute Gasteiger partial charge is 0.381 e. The van der Waals surface area contributed by atoms with E-state index in [2.05, 4.69) is 12.2 Å². The molecule has 3 fully saturated rings. The van der Waals surface area contributed by atoms with Crippen LogP contribution in [0.4, 0.5) is 0 Å². The second kappa shape index (κ2) is 6.33. The third-order valence-electron chi connectivity index (χ3n) is 5.78. The highest BCUT2D eigenvalue weighted by atomic mass is 16.5. The molecule has 3 heteroatoms. The van der Waals surface area contributed by atoms with Crippen LogP contribution >= 0.6 is 0 Å². The molecule has 1 spiro atoms. The van der Waals surface area contributed by atoms with E-state index in [-0.39, 0.29) is 5.60 Å². The Bertz CT molecular complexity index is 301. The Hall–Kier alpha value is -0.120. The summed E-state index contributed by atoms with van der Waals surface area (Å²) in [5.74, 6) is 0. The van der Waals surface area contributed by atoms with Crippen LogP contribution in [0.3, 0.4) is 0 Å². The minimum atomic E-state index is 0.227. The third-order valence-corrected chi connectivity index (χ3v) is 5.78. The highest BCUT2D eigenvalue weighted by Gasteiger charge is 2.39. The summed E-state index contributed by atoms with van der Waals surface area (Å²) in [6, 6.07) is 0.668. The SMILES string of the molecule is CC1(CNC2CCOC3(CCCCC3)C2)CCOCC1. The molecule has 3 aliphatic rings. The Morgan fingerprint density at radius 1 is 1.00 bits per heavy atom. The van der Waals surface area contributed by atoms with Crippen molar-refractivity contribution in [2.24, 2.45) is 5.41 Å². The molecule has 0 amide bonds. The van der Waals surface area contributed by atoms with Crippen LogP contribution < -0.4 is 5.32 Å². The summed E-state index contributed by atoms with van der Waals surface area (Å²) >= 11 is 0. The molecule has 3 rings (SSSR count). The van der Waals surface area contributed by atoms with Gasteiger partial charge in [0, 0.05) is 32.4 Å². The van der Waals surface area contributed by atoms with Gasteiger partial charge in [-0.3, -0.25) is 0 Å².